The van der Waals surface area contributed by atoms with Crippen LogP contribution in [0.1, 0.15) is 38.2 Å². The Hall–Kier alpha value is -3.24. The predicted molar refractivity (Wildman–Crippen MR) is 119 cm³/mol. The molecule has 0 aliphatic carbocycles. The third-order valence-electron chi connectivity index (χ3n) is 5.16. The second kappa shape index (κ2) is 12.7. The number of nitro benzene ring substituents is 1. The number of benzene rings is 1. The number of rotatable bonds is 12. The number of dihydropyridines is 1. The molecule has 0 saturated heterocycles. The topological polar surface area (TPSA) is 126 Å². The van der Waals surface area contributed by atoms with Crippen molar-refractivity contribution in [1.29, 1.82) is 0 Å². The molecule has 1 aliphatic rings. The average molecular weight is 462 g/mol. The van der Waals surface area contributed by atoms with Crippen molar-refractivity contribution in [3.05, 3.63) is 62.5 Å². The van der Waals surface area contributed by atoms with Crippen LogP contribution in [0, 0.1) is 10.1 Å². The van der Waals surface area contributed by atoms with E-state index < -0.39 is 22.8 Å². The van der Waals surface area contributed by atoms with Gasteiger partial charge in [-0.1, -0.05) is 12.1 Å². The van der Waals surface area contributed by atoms with Crippen LogP contribution in [0.15, 0.2) is 46.8 Å². The standard InChI is InChI=1S/C23H30N2O8/c1-5-32-12-10-17-20(22(26)30-3)19(15-8-7-9-16(14-15)25(28)29)21(23(27)31-4)18(24-17)11-13-33-6-2/h7-9,14,19,24H,5-6,10-13H2,1-4H3. The maximum atomic E-state index is 12.9. The van der Waals surface area contributed by atoms with Gasteiger partial charge in [0.15, 0.2) is 0 Å². The van der Waals surface area contributed by atoms with Gasteiger partial charge >= 0.3 is 11.9 Å². The summed E-state index contributed by atoms with van der Waals surface area (Å²) in [5, 5.41) is 14.6. The highest BCUT2D eigenvalue weighted by atomic mass is 16.6. The molecule has 0 fully saturated rings. The van der Waals surface area contributed by atoms with Gasteiger partial charge in [-0.2, -0.15) is 0 Å². The van der Waals surface area contributed by atoms with Crippen LogP contribution >= 0.6 is 0 Å². The monoisotopic (exact) mass is 462 g/mol. The number of methoxy groups -OCH3 is 2. The molecule has 0 aromatic heterocycles. The first kappa shape index (κ1) is 26.0. The third kappa shape index (κ3) is 6.39. The fraction of sp³-hybridized carbons (Fsp3) is 0.478. The van der Waals surface area contributed by atoms with E-state index in [9.17, 15) is 19.7 Å². The van der Waals surface area contributed by atoms with Gasteiger partial charge in [-0.25, -0.2) is 9.59 Å². The van der Waals surface area contributed by atoms with Gasteiger partial charge in [0.05, 0.1) is 49.4 Å². The molecule has 33 heavy (non-hydrogen) atoms. The number of nitrogens with zero attached hydrogens (tertiary/aromatic N) is 1. The zero-order valence-electron chi connectivity index (χ0n) is 19.3. The molecule has 1 aliphatic heterocycles. The number of hydrogen-bond donors (Lipinski definition) is 1. The molecule has 1 aromatic rings. The van der Waals surface area contributed by atoms with E-state index in [1.165, 1.54) is 32.4 Å². The van der Waals surface area contributed by atoms with E-state index in [2.05, 4.69) is 5.32 Å². The first-order valence-electron chi connectivity index (χ1n) is 10.7. The van der Waals surface area contributed by atoms with E-state index in [0.29, 0.717) is 56.2 Å². The van der Waals surface area contributed by atoms with Gasteiger partial charge in [-0.3, -0.25) is 10.1 Å². The number of non-ortho nitro benzene ring substituents is 1. The minimum absolute atomic E-state index is 0.161. The number of hydrogen-bond acceptors (Lipinski definition) is 9. The molecule has 1 heterocycles. The second-order valence-corrected chi connectivity index (χ2v) is 7.07. The maximum absolute atomic E-state index is 12.9. The minimum Gasteiger partial charge on any atom is -0.466 e. The lowest BCUT2D eigenvalue weighted by Gasteiger charge is -2.32. The van der Waals surface area contributed by atoms with E-state index in [0.717, 1.165) is 0 Å². The molecule has 10 heteroatoms. The minimum atomic E-state index is -0.931. The van der Waals surface area contributed by atoms with Crippen LogP contribution in [-0.4, -0.2) is 57.5 Å². The van der Waals surface area contributed by atoms with Crippen molar-refractivity contribution in [2.75, 3.05) is 40.6 Å². The summed E-state index contributed by atoms with van der Waals surface area (Å²) in [5.74, 6) is -2.24. The van der Waals surface area contributed by atoms with Crippen LogP contribution in [0.25, 0.3) is 0 Å². The summed E-state index contributed by atoms with van der Waals surface area (Å²) < 4.78 is 21.0. The first-order valence-corrected chi connectivity index (χ1v) is 10.7. The van der Waals surface area contributed by atoms with Crippen molar-refractivity contribution in [2.45, 2.75) is 32.6 Å². The number of carbonyl (C=O) groups excluding carboxylic acids is 2. The van der Waals surface area contributed by atoms with Crippen molar-refractivity contribution >= 4 is 17.6 Å². The van der Waals surface area contributed by atoms with Crippen LogP contribution in [0.2, 0.25) is 0 Å². The summed E-state index contributed by atoms with van der Waals surface area (Å²) in [6, 6.07) is 5.84. The first-order chi connectivity index (χ1) is 15.9. The van der Waals surface area contributed by atoms with Gasteiger partial charge in [0.1, 0.15) is 0 Å². The quantitative estimate of drug-likeness (QED) is 0.216. The summed E-state index contributed by atoms with van der Waals surface area (Å²) >= 11 is 0. The lowest BCUT2D eigenvalue weighted by molar-refractivity contribution is -0.384. The number of ether oxygens (including phenoxy) is 4. The molecule has 1 aromatic carbocycles. The Bertz CT molecular complexity index is 892. The van der Waals surface area contributed by atoms with Crippen LogP contribution in [0.3, 0.4) is 0 Å². The van der Waals surface area contributed by atoms with Crippen molar-refractivity contribution in [3.8, 4) is 0 Å². The van der Waals surface area contributed by atoms with E-state index in [4.69, 9.17) is 18.9 Å². The van der Waals surface area contributed by atoms with Gasteiger partial charge in [0.25, 0.3) is 5.69 Å². The average Bonchev–Trinajstić information content (AvgIpc) is 2.83. The summed E-state index contributed by atoms with van der Waals surface area (Å²) in [6.45, 7) is 5.36. The van der Waals surface area contributed by atoms with Gasteiger partial charge in [0.2, 0.25) is 0 Å². The smallest absolute Gasteiger partial charge is 0.336 e. The third-order valence-corrected chi connectivity index (χ3v) is 5.16. The van der Waals surface area contributed by atoms with Gasteiger partial charge < -0.3 is 24.3 Å². The van der Waals surface area contributed by atoms with Crippen LogP contribution in [0.5, 0.6) is 0 Å². The summed E-state index contributed by atoms with van der Waals surface area (Å²) in [6.07, 6.45) is 0.687. The molecule has 0 amide bonds. The zero-order chi connectivity index (χ0) is 24.4. The maximum Gasteiger partial charge on any atom is 0.336 e. The molecular weight excluding hydrogens is 432 g/mol. The van der Waals surface area contributed by atoms with E-state index >= 15 is 0 Å². The van der Waals surface area contributed by atoms with E-state index in [1.54, 1.807) is 6.07 Å². The highest BCUT2D eigenvalue weighted by molar-refractivity contribution is 6.00. The molecule has 1 N–H and O–H groups in total. The molecule has 10 nitrogen and oxygen atoms in total. The zero-order valence-corrected chi connectivity index (χ0v) is 19.3. The van der Waals surface area contributed by atoms with Crippen LogP contribution < -0.4 is 5.32 Å². The molecule has 0 radical (unpaired) electrons. The van der Waals surface area contributed by atoms with Gasteiger partial charge in [-0.05, 0) is 19.4 Å². The van der Waals surface area contributed by atoms with E-state index in [1.807, 2.05) is 13.8 Å². The molecule has 2 rings (SSSR count). The number of nitrogens with one attached hydrogen (secondary N) is 1. The highest BCUT2D eigenvalue weighted by Gasteiger charge is 2.39. The molecular formula is C23H30N2O8. The number of nitro groups is 1. The Morgan fingerprint density at radius 1 is 0.970 bits per heavy atom. The van der Waals surface area contributed by atoms with Crippen LogP contribution in [0.4, 0.5) is 5.69 Å². The Labute approximate surface area is 192 Å². The molecule has 180 valence electrons. The molecule has 0 bridgehead atoms. The van der Waals surface area contributed by atoms with Crippen molar-refractivity contribution in [1.82, 2.24) is 5.32 Å². The summed E-state index contributed by atoms with van der Waals surface area (Å²) in [4.78, 5) is 36.8. The van der Waals surface area contributed by atoms with Crippen molar-refractivity contribution < 1.29 is 33.5 Å². The lowest BCUT2D eigenvalue weighted by Crippen LogP contribution is -2.34. The Morgan fingerprint density at radius 3 is 1.91 bits per heavy atom. The Kier molecular flexibility index (Phi) is 10.0. The lowest BCUT2D eigenvalue weighted by atomic mass is 9.79. The van der Waals surface area contributed by atoms with Crippen molar-refractivity contribution in [3.63, 3.8) is 0 Å². The summed E-state index contributed by atoms with van der Waals surface area (Å²) in [7, 11) is 2.48. The van der Waals surface area contributed by atoms with Gasteiger partial charge in [0, 0.05) is 49.6 Å². The highest BCUT2D eigenvalue weighted by Crippen LogP contribution is 2.41. The number of carbonyl (C=O) groups is 2. The second-order valence-electron chi connectivity index (χ2n) is 7.07. The Balaban J connectivity index is 2.74. The number of esters is 2. The van der Waals surface area contributed by atoms with Crippen LogP contribution in [-0.2, 0) is 28.5 Å². The Morgan fingerprint density at radius 2 is 1.48 bits per heavy atom. The molecule has 0 atom stereocenters. The van der Waals surface area contributed by atoms with Gasteiger partial charge in [-0.15, -0.1) is 0 Å². The fourth-order valence-corrected chi connectivity index (χ4v) is 3.69. The predicted octanol–water partition coefficient (Wildman–Crippen LogP) is 2.99. The SMILES string of the molecule is CCOCCC1=C(C(=O)OC)C(c2cccc([N+](=O)[O-])c2)C(C(=O)OC)=C(CCOCC)N1. The van der Waals surface area contributed by atoms with E-state index in [-0.39, 0.29) is 16.8 Å². The largest absolute Gasteiger partial charge is 0.466 e. The molecule has 0 spiro atoms. The molecule has 0 unspecified atom stereocenters. The summed E-state index contributed by atoms with van der Waals surface area (Å²) in [5.41, 5.74) is 1.63. The molecule has 0 saturated carbocycles. The normalized spacial score (nSPS) is 14.2. The van der Waals surface area contributed by atoms with Crippen molar-refractivity contribution in [2.24, 2.45) is 0 Å². The fourth-order valence-electron chi connectivity index (χ4n) is 3.69.